The third kappa shape index (κ3) is 4.77. The van der Waals surface area contributed by atoms with E-state index in [1.54, 1.807) is 13.8 Å². The Labute approximate surface area is 193 Å². The van der Waals surface area contributed by atoms with Gasteiger partial charge in [-0.3, -0.25) is 9.59 Å². The van der Waals surface area contributed by atoms with E-state index in [-0.39, 0.29) is 53.7 Å². The molecule has 0 saturated heterocycles. The number of ether oxygens (including phenoxy) is 1. The van der Waals surface area contributed by atoms with Gasteiger partial charge in [-0.25, -0.2) is 0 Å². The third-order valence-electron chi connectivity index (χ3n) is 7.60. The summed E-state index contributed by atoms with van der Waals surface area (Å²) in [6, 6.07) is 2.96. The van der Waals surface area contributed by atoms with Crippen molar-refractivity contribution in [2.75, 3.05) is 13.2 Å². The predicted molar refractivity (Wildman–Crippen MR) is 118 cm³/mol. The minimum absolute atomic E-state index is 0.00261. The smallest absolute Gasteiger partial charge is 0.315 e. The highest BCUT2D eigenvalue weighted by molar-refractivity contribution is 5.86. The Bertz CT molecular complexity index is 915. The summed E-state index contributed by atoms with van der Waals surface area (Å²) in [5.41, 5.74) is -0.482. The number of aromatic hydroxyl groups is 2. The van der Waals surface area contributed by atoms with Gasteiger partial charge in [0.25, 0.3) is 5.09 Å². The van der Waals surface area contributed by atoms with Crippen LogP contribution in [-0.2, 0) is 24.6 Å². The maximum Gasteiger partial charge on any atom is 0.315 e. The van der Waals surface area contributed by atoms with Crippen molar-refractivity contribution in [3.63, 3.8) is 0 Å². The number of ketones is 1. The summed E-state index contributed by atoms with van der Waals surface area (Å²) in [6.45, 7) is 7.58. The molecular formula is C24H33NO8. The Morgan fingerprint density at radius 3 is 2.33 bits per heavy atom. The first-order valence-electron chi connectivity index (χ1n) is 11.4. The van der Waals surface area contributed by atoms with E-state index in [9.17, 15) is 29.9 Å². The molecule has 9 nitrogen and oxygen atoms in total. The van der Waals surface area contributed by atoms with Gasteiger partial charge in [0.15, 0.2) is 0 Å². The Hall–Kier alpha value is -2.84. The standard InChI is InChI=1S/C24H33NO8/c1-23(2,22(29)32-8-6-5-7-9-33-25(30)31)14-10-19(27)21(20(28)11-14)15-12-18(26)17-13-16(15)24(17,3)4/h10-11,15-17,27-28H,5-9,12-13H2,1-4H3/t15-,16-,17+/m0/s1. The van der Waals surface area contributed by atoms with Crippen LogP contribution < -0.4 is 0 Å². The number of hydrogen-bond donors (Lipinski definition) is 2. The Morgan fingerprint density at radius 2 is 1.79 bits per heavy atom. The van der Waals surface area contributed by atoms with Crippen molar-refractivity contribution >= 4 is 11.8 Å². The number of phenols is 2. The zero-order valence-electron chi connectivity index (χ0n) is 19.6. The second-order valence-electron chi connectivity index (χ2n) is 10.3. The summed E-state index contributed by atoms with van der Waals surface area (Å²) in [6.07, 6.45) is 2.69. The van der Waals surface area contributed by atoms with E-state index in [4.69, 9.17) is 4.74 Å². The summed E-state index contributed by atoms with van der Waals surface area (Å²) in [5, 5.41) is 30.9. The number of carbonyl (C=O) groups excluding carboxylic acids is 2. The van der Waals surface area contributed by atoms with Crippen molar-refractivity contribution in [3.05, 3.63) is 33.4 Å². The molecule has 2 N–H and O–H groups in total. The zero-order valence-corrected chi connectivity index (χ0v) is 19.6. The van der Waals surface area contributed by atoms with Gasteiger partial charge in [0, 0.05) is 23.8 Å². The van der Waals surface area contributed by atoms with Crippen molar-refractivity contribution in [1.82, 2.24) is 0 Å². The lowest BCUT2D eigenvalue weighted by atomic mass is 9.44. The van der Waals surface area contributed by atoms with Gasteiger partial charge in [-0.15, -0.1) is 10.1 Å². The van der Waals surface area contributed by atoms with Gasteiger partial charge < -0.3 is 19.8 Å². The van der Waals surface area contributed by atoms with E-state index in [1.807, 2.05) is 0 Å². The van der Waals surface area contributed by atoms with Crippen LogP contribution >= 0.6 is 0 Å². The van der Waals surface area contributed by atoms with Crippen LogP contribution in [0.25, 0.3) is 0 Å². The molecular weight excluding hydrogens is 430 g/mol. The number of rotatable bonds is 10. The number of esters is 1. The molecule has 1 aromatic carbocycles. The first kappa shape index (κ1) is 24.8. The van der Waals surface area contributed by atoms with E-state index in [0.29, 0.717) is 36.8 Å². The molecule has 2 bridgehead atoms. The Kier molecular flexibility index (Phi) is 6.91. The molecule has 4 rings (SSSR count). The molecule has 3 saturated carbocycles. The lowest BCUT2D eigenvalue weighted by molar-refractivity contribution is -0.757. The van der Waals surface area contributed by atoms with Crippen LogP contribution in [0.15, 0.2) is 12.1 Å². The lowest BCUT2D eigenvalue weighted by Crippen LogP contribution is -2.56. The fourth-order valence-electron chi connectivity index (χ4n) is 5.34. The van der Waals surface area contributed by atoms with Crippen molar-refractivity contribution in [2.45, 2.75) is 71.1 Å². The Balaban J connectivity index is 1.65. The summed E-state index contributed by atoms with van der Waals surface area (Å²) in [5.74, 6) is -0.559. The average molecular weight is 464 g/mol. The molecule has 182 valence electrons. The summed E-state index contributed by atoms with van der Waals surface area (Å²) in [7, 11) is 0. The van der Waals surface area contributed by atoms with Crippen LogP contribution in [-0.4, -0.2) is 40.3 Å². The molecule has 0 radical (unpaired) electrons. The summed E-state index contributed by atoms with van der Waals surface area (Å²) < 4.78 is 5.36. The van der Waals surface area contributed by atoms with Gasteiger partial charge in [-0.05, 0) is 68.6 Å². The monoisotopic (exact) mass is 463 g/mol. The van der Waals surface area contributed by atoms with Crippen molar-refractivity contribution < 1.29 is 34.5 Å². The van der Waals surface area contributed by atoms with Crippen molar-refractivity contribution in [3.8, 4) is 11.5 Å². The van der Waals surface area contributed by atoms with Crippen molar-refractivity contribution in [2.24, 2.45) is 17.3 Å². The highest BCUT2D eigenvalue weighted by Crippen LogP contribution is 2.64. The molecule has 33 heavy (non-hydrogen) atoms. The quantitative estimate of drug-likeness (QED) is 0.230. The van der Waals surface area contributed by atoms with E-state index >= 15 is 0 Å². The molecule has 3 aliphatic carbocycles. The number of nitrogens with zero attached hydrogens (tertiary/aromatic N) is 1. The molecule has 0 spiro atoms. The van der Waals surface area contributed by atoms with E-state index < -0.39 is 16.5 Å². The molecule has 0 aliphatic heterocycles. The van der Waals surface area contributed by atoms with E-state index in [2.05, 4.69) is 18.7 Å². The predicted octanol–water partition coefficient (Wildman–Crippen LogP) is 4.02. The molecule has 1 aromatic rings. The fourth-order valence-corrected chi connectivity index (χ4v) is 5.34. The number of benzene rings is 1. The lowest BCUT2D eigenvalue weighted by Gasteiger charge is -2.59. The number of hydrogen-bond acceptors (Lipinski definition) is 8. The van der Waals surface area contributed by atoms with Gasteiger partial charge in [0.1, 0.15) is 17.3 Å². The van der Waals surface area contributed by atoms with E-state index in [1.165, 1.54) is 12.1 Å². The molecule has 3 aliphatic rings. The van der Waals surface area contributed by atoms with Crippen LogP contribution in [0.5, 0.6) is 11.5 Å². The molecule has 0 amide bonds. The van der Waals surface area contributed by atoms with Crippen LogP contribution in [0.3, 0.4) is 0 Å². The van der Waals surface area contributed by atoms with Gasteiger partial charge in [0.2, 0.25) is 0 Å². The SMILES string of the molecule is CC(C)(C(=O)OCCCCCO[N+](=O)[O-])c1cc(O)c([C@H]2CC(=O)[C@H]3C[C@@H]2C3(C)C)c(O)c1. The fraction of sp³-hybridized carbons (Fsp3) is 0.667. The topological polar surface area (TPSA) is 136 Å². The van der Waals surface area contributed by atoms with Gasteiger partial charge >= 0.3 is 5.97 Å². The highest BCUT2D eigenvalue weighted by Gasteiger charge is 2.59. The third-order valence-corrected chi connectivity index (χ3v) is 7.60. The number of carbonyl (C=O) groups is 2. The number of fused-ring (bicyclic) bond motifs is 2. The first-order chi connectivity index (χ1) is 15.4. The van der Waals surface area contributed by atoms with Crippen molar-refractivity contribution in [1.29, 1.82) is 0 Å². The van der Waals surface area contributed by atoms with Gasteiger partial charge in [-0.1, -0.05) is 13.8 Å². The molecule has 0 unspecified atom stereocenters. The van der Waals surface area contributed by atoms with Gasteiger partial charge in [0.05, 0.1) is 18.6 Å². The number of phenolic OH excluding ortho intramolecular Hbond substituents is 2. The number of Topliss-reactive ketones (excluding diaryl/α,β-unsaturated/α-hetero) is 1. The normalized spacial score (nSPS) is 23.5. The molecule has 3 atom stereocenters. The molecule has 0 heterocycles. The van der Waals surface area contributed by atoms with E-state index in [0.717, 1.165) is 6.42 Å². The largest absolute Gasteiger partial charge is 0.508 e. The van der Waals surface area contributed by atoms with Crippen LogP contribution in [0.1, 0.15) is 76.8 Å². The molecule has 9 heteroatoms. The molecule has 3 fully saturated rings. The van der Waals surface area contributed by atoms with Crippen LogP contribution in [0, 0.1) is 27.4 Å². The minimum atomic E-state index is -1.12. The molecule has 0 aromatic heterocycles. The minimum Gasteiger partial charge on any atom is -0.508 e. The van der Waals surface area contributed by atoms with Crippen LogP contribution in [0.4, 0.5) is 0 Å². The average Bonchev–Trinajstić information content (AvgIpc) is 2.71. The Morgan fingerprint density at radius 1 is 1.18 bits per heavy atom. The second-order valence-corrected chi connectivity index (χ2v) is 10.3. The maximum atomic E-state index is 12.7. The van der Waals surface area contributed by atoms with Crippen LogP contribution in [0.2, 0.25) is 0 Å². The summed E-state index contributed by atoms with van der Waals surface area (Å²) in [4.78, 5) is 39.6. The first-order valence-corrected chi connectivity index (χ1v) is 11.4. The van der Waals surface area contributed by atoms with Gasteiger partial charge in [-0.2, -0.15) is 0 Å². The number of unbranched alkanes of at least 4 members (excludes halogenated alkanes) is 2. The maximum absolute atomic E-state index is 12.7. The second kappa shape index (κ2) is 9.19. The highest BCUT2D eigenvalue weighted by atomic mass is 16.9. The summed E-state index contributed by atoms with van der Waals surface area (Å²) >= 11 is 0. The zero-order chi connectivity index (χ0) is 24.6.